The molecule has 0 fully saturated rings. The van der Waals surface area contributed by atoms with Gasteiger partial charge in [-0.15, -0.1) is 5.10 Å². The van der Waals surface area contributed by atoms with Crippen molar-refractivity contribution in [3.63, 3.8) is 0 Å². The molecule has 1 aromatic rings. The average Bonchev–Trinajstić information content (AvgIpc) is 2.30. The molecule has 1 heterocycles. The molecule has 0 amide bonds. The molecule has 10 heavy (non-hydrogen) atoms. The zero-order valence-electron chi connectivity index (χ0n) is 6.33. The molecule has 0 unspecified atom stereocenters. The SMILES string of the molecule is CCc1c(CN)nnn1C. The molecule has 0 aromatic carbocycles. The number of aryl methyl sites for hydroxylation is 1. The summed E-state index contributed by atoms with van der Waals surface area (Å²) >= 11 is 0. The van der Waals surface area contributed by atoms with Crippen LogP contribution in [0, 0.1) is 0 Å². The summed E-state index contributed by atoms with van der Waals surface area (Å²) < 4.78 is 1.77. The van der Waals surface area contributed by atoms with Gasteiger partial charge in [0.15, 0.2) is 0 Å². The van der Waals surface area contributed by atoms with E-state index in [0.717, 1.165) is 17.8 Å². The van der Waals surface area contributed by atoms with E-state index in [-0.39, 0.29) is 0 Å². The van der Waals surface area contributed by atoms with Crippen molar-refractivity contribution in [3.05, 3.63) is 11.4 Å². The van der Waals surface area contributed by atoms with E-state index >= 15 is 0 Å². The van der Waals surface area contributed by atoms with Crippen LogP contribution in [0.1, 0.15) is 18.3 Å². The van der Waals surface area contributed by atoms with Crippen LogP contribution in [-0.2, 0) is 20.0 Å². The maximum Gasteiger partial charge on any atom is 0.0994 e. The summed E-state index contributed by atoms with van der Waals surface area (Å²) in [5.41, 5.74) is 7.46. The van der Waals surface area contributed by atoms with Gasteiger partial charge in [-0.1, -0.05) is 12.1 Å². The van der Waals surface area contributed by atoms with Crippen molar-refractivity contribution in [2.75, 3.05) is 0 Å². The lowest BCUT2D eigenvalue weighted by molar-refractivity contribution is 0.682. The van der Waals surface area contributed by atoms with Crippen LogP contribution in [-0.4, -0.2) is 15.0 Å². The molecule has 4 heteroatoms. The van der Waals surface area contributed by atoms with Crippen molar-refractivity contribution >= 4 is 0 Å². The van der Waals surface area contributed by atoms with Crippen LogP contribution in [0.4, 0.5) is 0 Å². The van der Waals surface area contributed by atoms with Crippen LogP contribution in [0.5, 0.6) is 0 Å². The Hall–Kier alpha value is -0.900. The first-order valence-corrected chi connectivity index (χ1v) is 3.37. The number of hydrogen-bond acceptors (Lipinski definition) is 3. The molecule has 0 aliphatic carbocycles. The number of rotatable bonds is 2. The molecule has 0 aliphatic rings. The predicted molar refractivity (Wildman–Crippen MR) is 38.3 cm³/mol. The standard InChI is InChI=1S/C6H12N4/c1-3-6-5(4-7)8-9-10(6)2/h3-4,7H2,1-2H3. The smallest absolute Gasteiger partial charge is 0.0994 e. The van der Waals surface area contributed by atoms with Gasteiger partial charge < -0.3 is 5.73 Å². The van der Waals surface area contributed by atoms with Crippen LogP contribution in [0.3, 0.4) is 0 Å². The summed E-state index contributed by atoms with van der Waals surface area (Å²) in [6, 6.07) is 0. The Morgan fingerprint density at radius 1 is 1.60 bits per heavy atom. The molecular weight excluding hydrogens is 128 g/mol. The summed E-state index contributed by atoms with van der Waals surface area (Å²) in [6.45, 7) is 2.55. The van der Waals surface area contributed by atoms with Gasteiger partial charge in [-0.05, 0) is 6.42 Å². The molecule has 0 bridgehead atoms. The van der Waals surface area contributed by atoms with Gasteiger partial charge in [0, 0.05) is 13.6 Å². The second-order valence-electron chi connectivity index (χ2n) is 2.16. The molecule has 2 N–H and O–H groups in total. The minimum absolute atomic E-state index is 0.483. The average molecular weight is 140 g/mol. The fraction of sp³-hybridized carbons (Fsp3) is 0.667. The normalized spacial score (nSPS) is 10.3. The van der Waals surface area contributed by atoms with Gasteiger partial charge in [-0.25, -0.2) is 0 Å². The maximum absolute atomic E-state index is 5.42. The Kier molecular flexibility index (Phi) is 2.01. The zero-order valence-corrected chi connectivity index (χ0v) is 6.33. The van der Waals surface area contributed by atoms with Crippen molar-refractivity contribution < 1.29 is 0 Å². The quantitative estimate of drug-likeness (QED) is 0.620. The van der Waals surface area contributed by atoms with Crippen molar-refractivity contribution in [2.45, 2.75) is 19.9 Å². The molecular formula is C6H12N4. The molecule has 0 atom stereocenters. The lowest BCUT2D eigenvalue weighted by atomic mass is 10.2. The Morgan fingerprint density at radius 2 is 2.30 bits per heavy atom. The van der Waals surface area contributed by atoms with Gasteiger partial charge in [0.25, 0.3) is 0 Å². The lowest BCUT2D eigenvalue weighted by Gasteiger charge is -1.96. The Labute approximate surface area is 60.0 Å². The first-order valence-electron chi connectivity index (χ1n) is 3.37. The Bertz CT molecular complexity index is 216. The van der Waals surface area contributed by atoms with Gasteiger partial charge in [-0.2, -0.15) is 0 Å². The molecule has 0 saturated carbocycles. The van der Waals surface area contributed by atoms with Crippen LogP contribution in [0.2, 0.25) is 0 Å². The van der Waals surface area contributed by atoms with E-state index in [2.05, 4.69) is 17.2 Å². The second kappa shape index (κ2) is 2.79. The first kappa shape index (κ1) is 7.21. The fourth-order valence-corrected chi connectivity index (χ4v) is 1.01. The van der Waals surface area contributed by atoms with E-state index in [1.54, 1.807) is 4.68 Å². The number of hydrogen-bond donors (Lipinski definition) is 1. The number of aromatic nitrogens is 3. The van der Waals surface area contributed by atoms with Gasteiger partial charge in [-0.3, -0.25) is 4.68 Å². The molecule has 4 nitrogen and oxygen atoms in total. The van der Waals surface area contributed by atoms with E-state index in [0.29, 0.717) is 6.54 Å². The third kappa shape index (κ3) is 1.02. The second-order valence-corrected chi connectivity index (χ2v) is 2.16. The van der Waals surface area contributed by atoms with Crippen LogP contribution in [0.25, 0.3) is 0 Å². The number of nitrogens with zero attached hydrogens (tertiary/aromatic N) is 3. The molecule has 56 valence electrons. The molecule has 1 aromatic heterocycles. The van der Waals surface area contributed by atoms with E-state index in [9.17, 15) is 0 Å². The highest BCUT2D eigenvalue weighted by Crippen LogP contribution is 2.02. The largest absolute Gasteiger partial charge is 0.325 e. The van der Waals surface area contributed by atoms with Crippen LogP contribution in [0.15, 0.2) is 0 Å². The third-order valence-corrected chi connectivity index (χ3v) is 1.55. The molecule has 0 radical (unpaired) electrons. The third-order valence-electron chi connectivity index (χ3n) is 1.55. The van der Waals surface area contributed by atoms with Gasteiger partial charge in [0.2, 0.25) is 0 Å². The minimum atomic E-state index is 0.483. The highest BCUT2D eigenvalue weighted by molar-refractivity contribution is 5.08. The van der Waals surface area contributed by atoms with Crippen molar-refractivity contribution in [3.8, 4) is 0 Å². The maximum atomic E-state index is 5.42. The molecule has 1 rings (SSSR count). The van der Waals surface area contributed by atoms with Crippen LogP contribution < -0.4 is 5.73 Å². The summed E-state index contributed by atoms with van der Waals surface area (Å²) in [7, 11) is 1.88. The highest BCUT2D eigenvalue weighted by Gasteiger charge is 2.04. The molecule has 0 spiro atoms. The summed E-state index contributed by atoms with van der Waals surface area (Å²) in [5.74, 6) is 0. The summed E-state index contributed by atoms with van der Waals surface area (Å²) in [6.07, 6.45) is 0.941. The van der Waals surface area contributed by atoms with Gasteiger partial charge in [0.05, 0.1) is 11.4 Å². The summed E-state index contributed by atoms with van der Waals surface area (Å²) in [5, 5.41) is 7.74. The monoisotopic (exact) mass is 140 g/mol. The Morgan fingerprint density at radius 3 is 2.70 bits per heavy atom. The van der Waals surface area contributed by atoms with E-state index < -0.39 is 0 Å². The first-order chi connectivity index (χ1) is 4.79. The van der Waals surface area contributed by atoms with Crippen LogP contribution >= 0.6 is 0 Å². The van der Waals surface area contributed by atoms with Gasteiger partial charge >= 0.3 is 0 Å². The Balaban J connectivity index is 3.01. The van der Waals surface area contributed by atoms with Crippen molar-refractivity contribution in [2.24, 2.45) is 12.8 Å². The van der Waals surface area contributed by atoms with Gasteiger partial charge in [0.1, 0.15) is 0 Å². The predicted octanol–water partition coefficient (Wildman–Crippen LogP) is -0.164. The topological polar surface area (TPSA) is 56.7 Å². The van der Waals surface area contributed by atoms with E-state index in [4.69, 9.17) is 5.73 Å². The van der Waals surface area contributed by atoms with Crippen molar-refractivity contribution in [1.82, 2.24) is 15.0 Å². The highest BCUT2D eigenvalue weighted by atomic mass is 15.4. The fourth-order valence-electron chi connectivity index (χ4n) is 1.01. The minimum Gasteiger partial charge on any atom is -0.325 e. The van der Waals surface area contributed by atoms with Crippen molar-refractivity contribution in [1.29, 1.82) is 0 Å². The number of nitrogens with two attached hydrogens (primary N) is 1. The lowest BCUT2D eigenvalue weighted by Crippen LogP contribution is -2.02. The van der Waals surface area contributed by atoms with E-state index in [1.165, 1.54) is 0 Å². The molecule has 0 aliphatic heterocycles. The zero-order chi connectivity index (χ0) is 7.56. The summed E-state index contributed by atoms with van der Waals surface area (Å²) in [4.78, 5) is 0. The van der Waals surface area contributed by atoms with E-state index in [1.807, 2.05) is 7.05 Å². The molecule has 0 saturated heterocycles.